The minimum Gasteiger partial charge on any atom is -0.390 e. The minimum atomic E-state index is 0.0622. The van der Waals surface area contributed by atoms with Gasteiger partial charge in [0, 0.05) is 12.2 Å². The van der Waals surface area contributed by atoms with Crippen molar-refractivity contribution in [3.8, 4) is 0 Å². The van der Waals surface area contributed by atoms with Crippen molar-refractivity contribution in [3.63, 3.8) is 0 Å². The second-order valence-corrected chi connectivity index (χ2v) is 3.49. The minimum absolute atomic E-state index is 0.0622. The van der Waals surface area contributed by atoms with E-state index in [1.54, 1.807) is 0 Å². The number of aromatic nitrogens is 2. The summed E-state index contributed by atoms with van der Waals surface area (Å²) >= 11 is 0. The summed E-state index contributed by atoms with van der Waals surface area (Å²) in [5.74, 6) is 0.603. The summed E-state index contributed by atoms with van der Waals surface area (Å²) in [6.07, 6.45) is 2.46. The molecule has 0 saturated heterocycles. The molecule has 2 heterocycles. The molecular formula is C9H14N2O. The van der Waals surface area contributed by atoms with Crippen LogP contribution >= 0.6 is 0 Å². The molecule has 0 fully saturated rings. The largest absolute Gasteiger partial charge is 0.390 e. The number of aliphatic hydroxyl groups excluding tert-OH is 1. The molecule has 1 aromatic rings. The van der Waals surface area contributed by atoms with Crippen LogP contribution in [0.2, 0.25) is 0 Å². The van der Waals surface area contributed by atoms with Gasteiger partial charge >= 0.3 is 0 Å². The smallest absolute Gasteiger partial charge is 0.0881 e. The predicted molar refractivity (Wildman–Crippen MR) is 45.8 cm³/mol. The van der Waals surface area contributed by atoms with Gasteiger partial charge in [0.15, 0.2) is 0 Å². The van der Waals surface area contributed by atoms with Crippen LogP contribution < -0.4 is 0 Å². The quantitative estimate of drug-likeness (QED) is 0.682. The first-order valence-corrected chi connectivity index (χ1v) is 4.48. The van der Waals surface area contributed by atoms with Crippen molar-refractivity contribution in [1.82, 2.24) is 9.78 Å². The average molecular weight is 166 g/mol. The van der Waals surface area contributed by atoms with Crippen molar-refractivity contribution in [2.45, 2.75) is 38.8 Å². The summed E-state index contributed by atoms with van der Waals surface area (Å²) in [6.45, 7) is 3.29. The third-order valence-corrected chi connectivity index (χ3v) is 2.54. The Morgan fingerprint density at radius 2 is 2.58 bits per heavy atom. The number of nitrogens with zero attached hydrogens (tertiary/aromatic N) is 2. The van der Waals surface area contributed by atoms with Crippen LogP contribution in [0, 0.1) is 0 Å². The summed E-state index contributed by atoms with van der Waals surface area (Å²) in [4.78, 5) is 0. The molecule has 0 spiro atoms. The van der Waals surface area contributed by atoms with E-state index in [-0.39, 0.29) is 6.61 Å². The Balaban J connectivity index is 2.37. The lowest BCUT2D eigenvalue weighted by molar-refractivity contribution is 0.274. The average Bonchev–Trinajstić information content (AvgIpc) is 2.49. The molecule has 0 saturated carbocycles. The molecule has 12 heavy (non-hydrogen) atoms. The summed E-state index contributed by atoms with van der Waals surface area (Å²) < 4.78 is 2.03. The van der Waals surface area contributed by atoms with Gasteiger partial charge < -0.3 is 5.11 Å². The zero-order chi connectivity index (χ0) is 8.55. The predicted octanol–water partition coefficient (Wildman–Crippen LogP) is 1.27. The van der Waals surface area contributed by atoms with Crippen LogP contribution in [0.4, 0.5) is 0 Å². The van der Waals surface area contributed by atoms with Gasteiger partial charge in [0.05, 0.1) is 12.3 Å². The maximum Gasteiger partial charge on any atom is 0.0881 e. The van der Waals surface area contributed by atoms with Crippen LogP contribution in [0.3, 0.4) is 0 Å². The molecule has 3 nitrogen and oxygen atoms in total. The van der Waals surface area contributed by atoms with Gasteiger partial charge in [-0.2, -0.15) is 5.10 Å². The molecule has 1 aromatic heterocycles. The maximum absolute atomic E-state index is 8.90. The Hall–Kier alpha value is -0.830. The number of aryl methyl sites for hydroxylation is 1. The van der Waals surface area contributed by atoms with Gasteiger partial charge in [-0.05, 0) is 24.8 Å². The zero-order valence-electron chi connectivity index (χ0n) is 7.32. The monoisotopic (exact) mass is 166 g/mol. The molecule has 0 amide bonds. The molecular weight excluding hydrogens is 152 g/mol. The van der Waals surface area contributed by atoms with Crippen molar-refractivity contribution in [2.75, 3.05) is 0 Å². The Bertz CT molecular complexity index is 280. The van der Waals surface area contributed by atoms with E-state index in [0.29, 0.717) is 5.92 Å². The highest BCUT2D eigenvalue weighted by Gasteiger charge is 2.17. The summed E-state index contributed by atoms with van der Waals surface area (Å²) in [5, 5.41) is 13.2. The molecule has 1 unspecified atom stereocenters. The first-order valence-electron chi connectivity index (χ1n) is 4.48. The second kappa shape index (κ2) is 2.90. The van der Waals surface area contributed by atoms with Crippen molar-refractivity contribution in [3.05, 3.63) is 17.5 Å². The Labute approximate surface area is 72.0 Å². The van der Waals surface area contributed by atoms with Gasteiger partial charge in [0.25, 0.3) is 0 Å². The number of hydrogen-bond acceptors (Lipinski definition) is 2. The fourth-order valence-corrected chi connectivity index (χ4v) is 1.84. The highest BCUT2D eigenvalue weighted by atomic mass is 16.3. The van der Waals surface area contributed by atoms with Gasteiger partial charge in [-0.1, -0.05) is 6.92 Å². The SMILES string of the molecule is CC1CCCn2nc(CO)cc21. The van der Waals surface area contributed by atoms with E-state index in [1.807, 2.05) is 10.7 Å². The number of aliphatic hydroxyl groups is 1. The fourth-order valence-electron chi connectivity index (χ4n) is 1.84. The van der Waals surface area contributed by atoms with E-state index in [1.165, 1.54) is 18.5 Å². The molecule has 1 atom stereocenters. The van der Waals surface area contributed by atoms with Crippen molar-refractivity contribution >= 4 is 0 Å². The molecule has 3 heteroatoms. The molecule has 1 aliphatic rings. The normalized spacial score (nSPS) is 22.3. The maximum atomic E-state index is 8.90. The van der Waals surface area contributed by atoms with E-state index in [9.17, 15) is 0 Å². The van der Waals surface area contributed by atoms with E-state index in [2.05, 4.69) is 12.0 Å². The van der Waals surface area contributed by atoms with Gasteiger partial charge in [0.2, 0.25) is 0 Å². The van der Waals surface area contributed by atoms with Crippen LogP contribution in [0.25, 0.3) is 0 Å². The third kappa shape index (κ3) is 1.14. The van der Waals surface area contributed by atoms with E-state index in [0.717, 1.165) is 12.2 Å². The first kappa shape index (κ1) is 7.80. The van der Waals surface area contributed by atoms with E-state index in [4.69, 9.17) is 5.11 Å². The molecule has 0 aliphatic carbocycles. The molecule has 2 rings (SSSR count). The summed E-state index contributed by atoms with van der Waals surface area (Å²) in [5.41, 5.74) is 2.09. The summed E-state index contributed by atoms with van der Waals surface area (Å²) in [6, 6.07) is 2.02. The van der Waals surface area contributed by atoms with Crippen molar-refractivity contribution in [2.24, 2.45) is 0 Å². The lowest BCUT2D eigenvalue weighted by Gasteiger charge is -2.19. The van der Waals surface area contributed by atoms with Gasteiger partial charge in [-0.15, -0.1) is 0 Å². The first-order chi connectivity index (χ1) is 5.81. The topological polar surface area (TPSA) is 38.0 Å². The zero-order valence-corrected chi connectivity index (χ0v) is 7.32. The van der Waals surface area contributed by atoms with Crippen LogP contribution in [-0.2, 0) is 13.2 Å². The highest BCUT2D eigenvalue weighted by molar-refractivity contribution is 5.15. The third-order valence-electron chi connectivity index (χ3n) is 2.54. The fraction of sp³-hybridized carbons (Fsp3) is 0.667. The lowest BCUT2D eigenvalue weighted by atomic mass is 9.98. The molecule has 0 bridgehead atoms. The number of hydrogen-bond donors (Lipinski definition) is 1. The molecule has 1 aliphatic heterocycles. The Kier molecular flexibility index (Phi) is 1.89. The molecule has 1 N–H and O–H groups in total. The van der Waals surface area contributed by atoms with Crippen LogP contribution in [0.5, 0.6) is 0 Å². The number of rotatable bonds is 1. The van der Waals surface area contributed by atoms with E-state index >= 15 is 0 Å². The standard InChI is InChI=1S/C9H14N2O/c1-7-3-2-4-11-9(7)5-8(6-12)10-11/h5,7,12H,2-4,6H2,1H3. The summed E-state index contributed by atoms with van der Waals surface area (Å²) in [7, 11) is 0. The molecule has 0 radical (unpaired) electrons. The van der Waals surface area contributed by atoms with Crippen molar-refractivity contribution in [1.29, 1.82) is 0 Å². The molecule has 66 valence electrons. The van der Waals surface area contributed by atoms with Crippen LogP contribution in [0.1, 0.15) is 37.1 Å². The highest BCUT2D eigenvalue weighted by Crippen LogP contribution is 2.26. The Morgan fingerprint density at radius 1 is 1.75 bits per heavy atom. The lowest BCUT2D eigenvalue weighted by Crippen LogP contribution is -2.13. The van der Waals surface area contributed by atoms with Crippen LogP contribution in [0.15, 0.2) is 6.07 Å². The Morgan fingerprint density at radius 3 is 3.25 bits per heavy atom. The van der Waals surface area contributed by atoms with Gasteiger partial charge in [-0.3, -0.25) is 4.68 Å². The molecule has 0 aromatic carbocycles. The second-order valence-electron chi connectivity index (χ2n) is 3.49. The van der Waals surface area contributed by atoms with Gasteiger partial charge in [-0.25, -0.2) is 0 Å². The number of fused-ring (bicyclic) bond motifs is 1. The van der Waals surface area contributed by atoms with E-state index < -0.39 is 0 Å². The van der Waals surface area contributed by atoms with Crippen LogP contribution in [-0.4, -0.2) is 14.9 Å². The van der Waals surface area contributed by atoms with Gasteiger partial charge in [0.1, 0.15) is 0 Å². The van der Waals surface area contributed by atoms with Crippen molar-refractivity contribution < 1.29 is 5.11 Å².